The van der Waals surface area contributed by atoms with Gasteiger partial charge in [0.25, 0.3) is 0 Å². The van der Waals surface area contributed by atoms with Gasteiger partial charge in [-0.05, 0) is 37.3 Å². The highest BCUT2D eigenvalue weighted by molar-refractivity contribution is 5.48. The van der Waals surface area contributed by atoms with Crippen molar-refractivity contribution in [2.24, 2.45) is 5.92 Å². The third kappa shape index (κ3) is 3.06. The van der Waals surface area contributed by atoms with E-state index < -0.39 is 0 Å². The summed E-state index contributed by atoms with van der Waals surface area (Å²) in [4.78, 5) is 1.98. The maximum Gasteiger partial charge on any atom is 0.146 e. The Labute approximate surface area is 112 Å². The van der Waals surface area contributed by atoms with Gasteiger partial charge in [0.1, 0.15) is 11.6 Å². The Balaban J connectivity index is 1.76. The van der Waals surface area contributed by atoms with Crippen LogP contribution in [0.5, 0.6) is 0 Å². The summed E-state index contributed by atoms with van der Waals surface area (Å²) < 4.78 is 27.2. The molecule has 0 spiro atoms. The van der Waals surface area contributed by atoms with Crippen molar-refractivity contribution in [2.75, 3.05) is 18.0 Å². The average molecular weight is 266 g/mol. The fourth-order valence-corrected chi connectivity index (χ4v) is 2.98. The molecule has 1 aromatic carbocycles. The number of rotatable bonds is 3. The molecule has 0 aromatic heterocycles. The van der Waals surface area contributed by atoms with Gasteiger partial charge in [0.05, 0.1) is 5.69 Å². The molecule has 2 aliphatic rings. The van der Waals surface area contributed by atoms with Crippen LogP contribution in [0.1, 0.15) is 26.2 Å². The maximum atomic E-state index is 13.9. The molecule has 1 aromatic rings. The molecule has 0 radical (unpaired) electrons. The van der Waals surface area contributed by atoms with E-state index in [-0.39, 0.29) is 11.6 Å². The Kier molecular flexibility index (Phi) is 3.44. The van der Waals surface area contributed by atoms with Gasteiger partial charge in [0.2, 0.25) is 0 Å². The lowest BCUT2D eigenvalue weighted by Crippen LogP contribution is -2.49. The van der Waals surface area contributed by atoms with Gasteiger partial charge in [-0.3, -0.25) is 0 Å². The molecule has 1 heterocycles. The van der Waals surface area contributed by atoms with Crippen molar-refractivity contribution in [3.05, 3.63) is 29.8 Å². The van der Waals surface area contributed by atoms with Gasteiger partial charge in [0, 0.05) is 31.2 Å². The summed E-state index contributed by atoms with van der Waals surface area (Å²) in [7, 11) is 0. The van der Waals surface area contributed by atoms with Crippen LogP contribution in [-0.2, 0) is 0 Å². The Hall–Kier alpha value is -1.16. The average Bonchev–Trinajstić information content (AvgIpc) is 3.15. The molecule has 2 fully saturated rings. The van der Waals surface area contributed by atoms with Gasteiger partial charge in [-0.25, -0.2) is 8.78 Å². The summed E-state index contributed by atoms with van der Waals surface area (Å²) in [6.45, 7) is 3.73. The lowest BCUT2D eigenvalue weighted by Gasteiger charge is -2.38. The summed E-state index contributed by atoms with van der Waals surface area (Å²) >= 11 is 0. The summed E-state index contributed by atoms with van der Waals surface area (Å²) in [5.41, 5.74) is 0.397. The van der Waals surface area contributed by atoms with Crippen LogP contribution in [0.15, 0.2) is 18.2 Å². The molecular formula is C15H20F2N2. The van der Waals surface area contributed by atoms with Crippen LogP contribution in [-0.4, -0.2) is 25.2 Å². The van der Waals surface area contributed by atoms with E-state index in [9.17, 15) is 8.78 Å². The van der Waals surface area contributed by atoms with Crippen molar-refractivity contribution in [1.82, 2.24) is 5.32 Å². The Morgan fingerprint density at radius 1 is 1.16 bits per heavy atom. The monoisotopic (exact) mass is 266 g/mol. The van der Waals surface area contributed by atoms with Gasteiger partial charge < -0.3 is 10.2 Å². The zero-order valence-corrected chi connectivity index (χ0v) is 11.2. The number of piperidine rings is 1. The third-order valence-electron chi connectivity index (χ3n) is 3.96. The summed E-state index contributed by atoms with van der Waals surface area (Å²) in [5, 5.41) is 3.60. The van der Waals surface area contributed by atoms with E-state index in [1.165, 1.54) is 31.0 Å². The van der Waals surface area contributed by atoms with Gasteiger partial charge in [-0.2, -0.15) is 0 Å². The van der Waals surface area contributed by atoms with Crippen LogP contribution < -0.4 is 10.2 Å². The second kappa shape index (κ2) is 5.08. The predicted octanol–water partition coefficient (Wildman–Crippen LogP) is 2.93. The molecule has 1 aliphatic heterocycles. The zero-order valence-electron chi connectivity index (χ0n) is 11.2. The summed E-state index contributed by atoms with van der Waals surface area (Å²) in [6.07, 6.45) is 3.61. The second-order valence-corrected chi connectivity index (χ2v) is 5.98. The van der Waals surface area contributed by atoms with E-state index in [4.69, 9.17) is 0 Å². The van der Waals surface area contributed by atoms with Crippen LogP contribution >= 0.6 is 0 Å². The van der Waals surface area contributed by atoms with Crippen LogP contribution in [0.3, 0.4) is 0 Å². The Morgan fingerprint density at radius 2 is 1.95 bits per heavy atom. The van der Waals surface area contributed by atoms with E-state index in [2.05, 4.69) is 12.2 Å². The first-order chi connectivity index (χ1) is 9.11. The van der Waals surface area contributed by atoms with E-state index in [1.807, 2.05) is 4.90 Å². The number of nitrogens with one attached hydrogen (secondary N) is 1. The minimum atomic E-state index is -0.374. The van der Waals surface area contributed by atoms with Crippen LogP contribution in [0.25, 0.3) is 0 Å². The maximum absolute atomic E-state index is 13.9. The van der Waals surface area contributed by atoms with Crippen molar-refractivity contribution in [3.8, 4) is 0 Å². The number of anilines is 1. The molecule has 4 heteroatoms. The molecule has 1 aliphatic carbocycles. The summed E-state index contributed by atoms with van der Waals surface area (Å²) in [5.74, 6) is -0.213. The van der Waals surface area contributed by atoms with Gasteiger partial charge in [-0.1, -0.05) is 6.92 Å². The molecule has 1 saturated carbocycles. The minimum Gasteiger partial charge on any atom is -0.367 e. The zero-order chi connectivity index (χ0) is 13.4. The SMILES string of the molecule is CC1CC(NC2CC2)CN(c2cc(F)ccc2F)C1. The van der Waals surface area contributed by atoms with E-state index in [0.29, 0.717) is 23.7 Å². The Morgan fingerprint density at radius 3 is 2.68 bits per heavy atom. The van der Waals surface area contributed by atoms with Crippen molar-refractivity contribution < 1.29 is 8.78 Å². The largest absolute Gasteiger partial charge is 0.367 e. The van der Waals surface area contributed by atoms with Crippen molar-refractivity contribution >= 4 is 5.69 Å². The molecule has 19 heavy (non-hydrogen) atoms. The quantitative estimate of drug-likeness (QED) is 0.905. The van der Waals surface area contributed by atoms with Crippen LogP contribution in [0, 0.1) is 17.6 Å². The lowest BCUT2D eigenvalue weighted by molar-refractivity contribution is 0.347. The standard InChI is InChI=1S/C15H20F2N2/c1-10-6-13(18-12-3-4-12)9-19(8-10)15-7-11(16)2-5-14(15)17/h2,5,7,10,12-13,18H,3-4,6,8-9H2,1H3. The molecule has 2 nitrogen and oxygen atoms in total. The first kappa shape index (κ1) is 12.9. The molecular weight excluding hydrogens is 246 g/mol. The highest BCUT2D eigenvalue weighted by Crippen LogP contribution is 2.28. The molecule has 0 amide bonds. The van der Waals surface area contributed by atoms with Gasteiger partial charge in [0.15, 0.2) is 0 Å². The molecule has 2 unspecified atom stereocenters. The molecule has 104 valence electrons. The predicted molar refractivity (Wildman–Crippen MR) is 72.3 cm³/mol. The number of hydrogen-bond donors (Lipinski definition) is 1. The molecule has 3 rings (SSSR count). The highest BCUT2D eigenvalue weighted by Gasteiger charge is 2.31. The van der Waals surface area contributed by atoms with Crippen molar-refractivity contribution in [3.63, 3.8) is 0 Å². The van der Waals surface area contributed by atoms with Gasteiger partial charge >= 0.3 is 0 Å². The third-order valence-corrected chi connectivity index (χ3v) is 3.96. The minimum absolute atomic E-state index is 0.333. The number of hydrogen-bond acceptors (Lipinski definition) is 2. The Bertz CT molecular complexity index is 457. The lowest BCUT2D eigenvalue weighted by atomic mass is 9.95. The number of nitrogens with zero attached hydrogens (tertiary/aromatic N) is 1. The van der Waals surface area contributed by atoms with Crippen LogP contribution in [0.2, 0.25) is 0 Å². The first-order valence-corrected chi connectivity index (χ1v) is 7.08. The van der Waals surface area contributed by atoms with Gasteiger partial charge in [-0.15, -0.1) is 0 Å². The highest BCUT2D eigenvalue weighted by atomic mass is 19.1. The number of benzene rings is 1. The normalized spacial score (nSPS) is 27.6. The summed E-state index contributed by atoms with van der Waals surface area (Å²) in [6, 6.07) is 4.73. The smallest absolute Gasteiger partial charge is 0.146 e. The first-order valence-electron chi connectivity index (χ1n) is 7.08. The fourth-order valence-electron chi connectivity index (χ4n) is 2.98. The van der Waals surface area contributed by atoms with E-state index in [1.54, 1.807) is 0 Å². The molecule has 0 bridgehead atoms. The molecule has 2 atom stereocenters. The topological polar surface area (TPSA) is 15.3 Å². The van der Waals surface area contributed by atoms with E-state index in [0.717, 1.165) is 19.5 Å². The number of halogens is 2. The van der Waals surface area contributed by atoms with E-state index >= 15 is 0 Å². The molecule has 1 saturated heterocycles. The van der Waals surface area contributed by atoms with Crippen LogP contribution in [0.4, 0.5) is 14.5 Å². The fraction of sp³-hybridized carbons (Fsp3) is 0.600. The second-order valence-electron chi connectivity index (χ2n) is 5.98. The van der Waals surface area contributed by atoms with Crippen molar-refractivity contribution in [1.29, 1.82) is 0 Å². The van der Waals surface area contributed by atoms with Crippen molar-refractivity contribution in [2.45, 2.75) is 38.3 Å². The molecule has 1 N–H and O–H groups in total.